The second-order valence-electron chi connectivity index (χ2n) is 14.5. The molecule has 3 atom stereocenters. The third-order valence-electron chi connectivity index (χ3n) is 9.05. The molecular weight excluding hydrogens is 774 g/mol. The van der Waals surface area contributed by atoms with Crippen LogP contribution in [0.25, 0.3) is 16.8 Å². The van der Waals surface area contributed by atoms with Crippen LogP contribution >= 0.6 is 11.6 Å². The molecule has 2 aliphatic rings. The number of sulfonamides is 1. The van der Waals surface area contributed by atoms with Gasteiger partial charge in [-0.3, -0.25) is 14.2 Å². The van der Waals surface area contributed by atoms with Gasteiger partial charge in [-0.15, -0.1) is 10.2 Å². The summed E-state index contributed by atoms with van der Waals surface area (Å²) in [6.07, 6.45) is -2.53. The van der Waals surface area contributed by atoms with Gasteiger partial charge in [0.15, 0.2) is 5.65 Å². The van der Waals surface area contributed by atoms with Crippen LogP contribution in [0.5, 0.6) is 0 Å². The number of hydrogen-bond acceptors (Lipinski definition) is 7. The van der Waals surface area contributed by atoms with Gasteiger partial charge in [0, 0.05) is 34.1 Å². The van der Waals surface area contributed by atoms with E-state index in [1.165, 1.54) is 16.5 Å². The standard InChI is InChI=1S/C36H31ClF6N8O3S/c1-35(2,3)10-9-20-5-6-21(22-7-8-26(37)51-33(22)46-47-34(51)49-55(4,53)54)29(44-20)25(13-17-11-18(38)14-19(39)12-17)45-27(52)16-50-31-28(30(48-50)32(40)41)23-15-24(23)36(31,42)43/h5-8,11-12,14,23-25,32H,13,15-16H2,1-4H3,(H,45,52)(H,47,49)/t23-,24+,25-/m0/s1. The van der Waals surface area contributed by atoms with Crippen LogP contribution < -0.4 is 10.0 Å². The summed E-state index contributed by atoms with van der Waals surface area (Å²) >= 11 is 6.46. The molecule has 1 amide bonds. The average molecular weight is 805 g/mol. The molecular formula is C36H31ClF6N8O3S. The average Bonchev–Trinajstić information content (AvgIpc) is 3.54. The number of carbonyl (C=O) groups is 1. The molecule has 4 heterocycles. The maximum atomic E-state index is 15.3. The van der Waals surface area contributed by atoms with Crippen molar-refractivity contribution in [2.75, 3.05) is 11.0 Å². The van der Waals surface area contributed by atoms with Crippen molar-refractivity contribution in [1.82, 2.24) is 34.7 Å². The predicted molar refractivity (Wildman–Crippen MR) is 189 cm³/mol. The number of carbonyl (C=O) groups excluding carboxylic acids is 1. The summed E-state index contributed by atoms with van der Waals surface area (Å²) in [6, 6.07) is 7.57. The van der Waals surface area contributed by atoms with E-state index < -0.39 is 81.1 Å². The Balaban J connectivity index is 1.37. The van der Waals surface area contributed by atoms with E-state index in [2.05, 4.69) is 37.2 Å². The Morgan fingerprint density at radius 3 is 2.40 bits per heavy atom. The molecule has 2 aliphatic carbocycles. The first-order valence-corrected chi connectivity index (χ1v) is 19.0. The lowest BCUT2D eigenvalue weighted by Gasteiger charge is -2.23. The maximum Gasteiger partial charge on any atom is 0.293 e. The number of fused-ring (bicyclic) bond motifs is 4. The van der Waals surface area contributed by atoms with Gasteiger partial charge in [-0.1, -0.05) is 17.5 Å². The minimum absolute atomic E-state index is 0.0153. The van der Waals surface area contributed by atoms with Crippen molar-refractivity contribution < 1.29 is 39.6 Å². The van der Waals surface area contributed by atoms with Crippen molar-refractivity contribution in [2.24, 2.45) is 11.3 Å². The molecule has 0 saturated heterocycles. The van der Waals surface area contributed by atoms with Crippen LogP contribution in [-0.4, -0.2) is 49.9 Å². The molecule has 55 heavy (non-hydrogen) atoms. The van der Waals surface area contributed by atoms with Gasteiger partial charge in [0.2, 0.25) is 21.9 Å². The number of amides is 1. The van der Waals surface area contributed by atoms with Crippen molar-refractivity contribution in [3.05, 3.63) is 93.2 Å². The summed E-state index contributed by atoms with van der Waals surface area (Å²) in [5.74, 6) is -2.42. The van der Waals surface area contributed by atoms with Gasteiger partial charge in [0.25, 0.3) is 12.3 Å². The predicted octanol–water partition coefficient (Wildman–Crippen LogP) is 6.94. The molecule has 1 fully saturated rings. The number of alkyl halides is 4. The number of pyridine rings is 2. The van der Waals surface area contributed by atoms with E-state index in [-0.39, 0.29) is 63.2 Å². The highest BCUT2D eigenvalue weighted by Gasteiger charge is 2.67. The van der Waals surface area contributed by atoms with E-state index in [0.29, 0.717) is 10.7 Å². The van der Waals surface area contributed by atoms with Crippen LogP contribution in [0.3, 0.4) is 0 Å². The number of nitrogens with one attached hydrogen (secondary N) is 2. The Kier molecular flexibility index (Phi) is 9.40. The first kappa shape index (κ1) is 38.1. The smallest absolute Gasteiger partial charge is 0.293 e. The van der Waals surface area contributed by atoms with Crippen LogP contribution in [-0.2, 0) is 33.7 Å². The molecule has 1 aromatic carbocycles. The normalized spacial score (nSPS) is 17.7. The topological polar surface area (TPSA) is 136 Å². The van der Waals surface area contributed by atoms with Crippen LogP contribution in [0.1, 0.15) is 79.5 Å². The molecule has 4 aromatic heterocycles. The Morgan fingerprint density at radius 2 is 1.75 bits per heavy atom. The fourth-order valence-corrected chi connectivity index (χ4v) is 7.51. The molecule has 288 valence electrons. The molecule has 0 bridgehead atoms. The van der Waals surface area contributed by atoms with Gasteiger partial charge >= 0.3 is 0 Å². The summed E-state index contributed by atoms with van der Waals surface area (Å²) in [4.78, 5) is 18.6. The molecule has 1 saturated carbocycles. The number of benzene rings is 1. The van der Waals surface area contributed by atoms with Crippen molar-refractivity contribution in [3.8, 4) is 23.0 Å². The molecule has 0 unspecified atom stereocenters. The quantitative estimate of drug-likeness (QED) is 0.0888. The SMILES string of the molecule is CC(C)(C)C#Cc1ccc(-c2ccc(Cl)n3c(NS(C)(=O)=O)nnc23)c([C@H](Cc2cc(F)cc(F)c2)NC(=O)Cn2nc(C(F)F)c3c2C(F)(F)[C@@H]2C[C@H]32)n1. The number of halogens is 7. The number of rotatable bonds is 10. The highest BCUT2D eigenvalue weighted by atomic mass is 35.5. The fraction of sp³-hybridized carbons (Fsp3) is 0.361. The van der Waals surface area contributed by atoms with Crippen molar-refractivity contribution in [2.45, 2.75) is 64.5 Å². The summed E-state index contributed by atoms with van der Waals surface area (Å²) in [5.41, 5.74) is -1.34. The second kappa shape index (κ2) is 13.6. The zero-order valence-corrected chi connectivity index (χ0v) is 31.0. The Labute approximate surface area is 315 Å². The number of anilines is 1. The molecule has 0 aliphatic heterocycles. The zero-order valence-electron chi connectivity index (χ0n) is 29.4. The van der Waals surface area contributed by atoms with Crippen molar-refractivity contribution in [1.29, 1.82) is 0 Å². The van der Waals surface area contributed by atoms with Crippen LogP contribution in [0, 0.1) is 34.8 Å². The summed E-state index contributed by atoms with van der Waals surface area (Å²) < 4.78 is 116. The lowest BCUT2D eigenvalue weighted by molar-refractivity contribution is -0.123. The summed E-state index contributed by atoms with van der Waals surface area (Å²) in [7, 11) is -3.84. The highest BCUT2D eigenvalue weighted by Crippen LogP contribution is 2.68. The first-order valence-electron chi connectivity index (χ1n) is 16.8. The Bertz CT molecular complexity index is 2540. The molecule has 0 spiro atoms. The van der Waals surface area contributed by atoms with Gasteiger partial charge < -0.3 is 5.32 Å². The van der Waals surface area contributed by atoms with E-state index >= 15 is 8.78 Å². The Morgan fingerprint density at radius 1 is 1.05 bits per heavy atom. The lowest BCUT2D eigenvalue weighted by Crippen LogP contribution is -2.35. The third kappa shape index (κ3) is 7.59. The van der Waals surface area contributed by atoms with Gasteiger partial charge in [-0.2, -0.15) is 13.9 Å². The van der Waals surface area contributed by atoms with E-state index in [9.17, 15) is 30.8 Å². The molecule has 2 N–H and O–H groups in total. The lowest BCUT2D eigenvalue weighted by atomic mass is 9.94. The van der Waals surface area contributed by atoms with E-state index in [1.807, 2.05) is 20.8 Å². The van der Waals surface area contributed by atoms with Crippen molar-refractivity contribution in [3.63, 3.8) is 0 Å². The number of aromatic nitrogens is 6. The summed E-state index contributed by atoms with van der Waals surface area (Å²) in [6.45, 7) is 4.71. The number of nitrogens with zero attached hydrogens (tertiary/aromatic N) is 6. The Hall–Kier alpha value is -5.15. The zero-order chi connectivity index (χ0) is 39.8. The molecule has 7 rings (SSSR count). The monoisotopic (exact) mass is 804 g/mol. The van der Waals surface area contributed by atoms with Gasteiger partial charge in [-0.25, -0.2) is 35.4 Å². The molecule has 5 aromatic rings. The second-order valence-corrected chi connectivity index (χ2v) is 16.7. The van der Waals surface area contributed by atoms with Crippen LogP contribution in [0.15, 0.2) is 42.5 Å². The minimum Gasteiger partial charge on any atom is -0.346 e. The van der Waals surface area contributed by atoms with E-state index in [0.717, 1.165) is 18.4 Å². The van der Waals surface area contributed by atoms with Gasteiger partial charge in [0.1, 0.15) is 40.4 Å². The third-order valence-corrected chi connectivity index (χ3v) is 9.90. The first-order chi connectivity index (χ1) is 25.7. The minimum atomic E-state index is -3.84. The molecule has 11 nitrogen and oxygen atoms in total. The molecule has 19 heteroatoms. The fourth-order valence-electron chi connectivity index (χ4n) is 6.83. The van der Waals surface area contributed by atoms with E-state index in [1.54, 1.807) is 12.1 Å². The van der Waals surface area contributed by atoms with Crippen LogP contribution in [0.2, 0.25) is 5.15 Å². The largest absolute Gasteiger partial charge is 0.346 e. The summed E-state index contributed by atoms with van der Waals surface area (Å²) in [5, 5.41) is 14.5. The maximum absolute atomic E-state index is 15.3. The van der Waals surface area contributed by atoms with E-state index in [4.69, 9.17) is 16.6 Å². The molecule has 0 radical (unpaired) electrons. The van der Waals surface area contributed by atoms with Crippen molar-refractivity contribution >= 4 is 39.1 Å². The van der Waals surface area contributed by atoms with Gasteiger partial charge in [-0.05, 0) is 87.4 Å². The number of hydrogen-bond donors (Lipinski definition) is 2. The highest BCUT2D eigenvalue weighted by molar-refractivity contribution is 7.92. The van der Waals surface area contributed by atoms with Gasteiger partial charge in [0.05, 0.1) is 18.0 Å². The van der Waals surface area contributed by atoms with Crippen LogP contribution in [0.4, 0.5) is 32.3 Å².